The highest BCUT2D eigenvalue weighted by Gasteiger charge is 2.15. The molecule has 0 aromatic heterocycles. The highest BCUT2D eigenvalue weighted by Crippen LogP contribution is 2.26. The Morgan fingerprint density at radius 1 is 1.08 bits per heavy atom. The average Bonchev–Trinajstić information content (AvgIpc) is 2.60. The Balaban J connectivity index is 1.63. The van der Waals surface area contributed by atoms with Gasteiger partial charge in [-0.3, -0.25) is 4.79 Å². The van der Waals surface area contributed by atoms with Crippen LogP contribution in [0.1, 0.15) is 0 Å². The lowest BCUT2D eigenvalue weighted by Gasteiger charge is -2.30. The molecule has 132 valence electrons. The van der Waals surface area contributed by atoms with Crippen molar-refractivity contribution in [1.29, 1.82) is 0 Å². The van der Waals surface area contributed by atoms with Gasteiger partial charge in [-0.15, -0.1) is 0 Å². The molecule has 5 nitrogen and oxygen atoms in total. The second-order valence-electron chi connectivity index (χ2n) is 5.68. The molecule has 2 N–H and O–H groups in total. The Labute approximate surface area is 156 Å². The van der Waals surface area contributed by atoms with E-state index in [9.17, 15) is 4.79 Å². The van der Waals surface area contributed by atoms with Gasteiger partial charge >= 0.3 is 0 Å². The number of benzene rings is 2. The van der Waals surface area contributed by atoms with Crippen LogP contribution in [0, 0.1) is 0 Å². The quantitative estimate of drug-likeness (QED) is 0.827. The summed E-state index contributed by atoms with van der Waals surface area (Å²) in [6.07, 6.45) is 0. The number of hydrogen-bond donors (Lipinski definition) is 2. The third-order valence-electron chi connectivity index (χ3n) is 3.85. The van der Waals surface area contributed by atoms with Gasteiger partial charge < -0.3 is 20.3 Å². The van der Waals surface area contributed by atoms with Crippen molar-refractivity contribution in [2.75, 3.05) is 48.4 Å². The molecule has 1 aliphatic heterocycles. The lowest BCUT2D eigenvalue weighted by molar-refractivity contribution is -0.114. The molecule has 1 fully saturated rings. The van der Waals surface area contributed by atoms with Crippen molar-refractivity contribution in [3.8, 4) is 0 Å². The molecule has 7 heteroatoms. The molecule has 3 rings (SSSR count). The minimum Gasteiger partial charge on any atom is -0.378 e. The lowest BCUT2D eigenvalue weighted by Crippen LogP contribution is -2.37. The van der Waals surface area contributed by atoms with E-state index in [1.54, 1.807) is 18.2 Å². The summed E-state index contributed by atoms with van der Waals surface area (Å²) in [6.45, 7) is 3.13. The zero-order chi connectivity index (χ0) is 17.6. The van der Waals surface area contributed by atoms with Crippen molar-refractivity contribution in [2.24, 2.45) is 0 Å². The molecule has 0 bridgehead atoms. The maximum absolute atomic E-state index is 12.3. The molecule has 0 unspecified atom stereocenters. The van der Waals surface area contributed by atoms with Crippen molar-refractivity contribution >= 4 is 46.2 Å². The van der Waals surface area contributed by atoms with Gasteiger partial charge in [0.2, 0.25) is 5.91 Å². The summed E-state index contributed by atoms with van der Waals surface area (Å²) in [6, 6.07) is 12.9. The van der Waals surface area contributed by atoms with Crippen molar-refractivity contribution in [3.63, 3.8) is 0 Å². The molecule has 0 saturated carbocycles. The average molecular weight is 380 g/mol. The van der Waals surface area contributed by atoms with Crippen LogP contribution in [0.4, 0.5) is 17.1 Å². The van der Waals surface area contributed by atoms with E-state index in [2.05, 4.69) is 15.5 Å². The van der Waals surface area contributed by atoms with Crippen LogP contribution >= 0.6 is 23.2 Å². The fraction of sp³-hybridized carbons (Fsp3) is 0.278. The largest absolute Gasteiger partial charge is 0.378 e. The standard InChI is InChI=1S/C18H19Cl2N3O2/c19-13-9-14(20)11-15(10-13)21-12-18(24)22-16-3-1-2-4-17(16)23-5-7-25-8-6-23/h1-4,9-11,21H,5-8,12H2,(H,22,24). The molecule has 1 aliphatic rings. The summed E-state index contributed by atoms with van der Waals surface area (Å²) in [4.78, 5) is 14.5. The summed E-state index contributed by atoms with van der Waals surface area (Å²) in [5, 5.41) is 7.03. The number of hydrogen-bond acceptors (Lipinski definition) is 4. The van der Waals surface area contributed by atoms with Crippen LogP contribution in [0.3, 0.4) is 0 Å². The number of ether oxygens (including phenoxy) is 1. The van der Waals surface area contributed by atoms with Gasteiger partial charge in [0.15, 0.2) is 0 Å². The van der Waals surface area contributed by atoms with E-state index >= 15 is 0 Å². The first kappa shape index (κ1) is 17.9. The van der Waals surface area contributed by atoms with Gasteiger partial charge in [-0.1, -0.05) is 35.3 Å². The topological polar surface area (TPSA) is 53.6 Å². The highest BCUT2D eigenvalue weighted by molar-refractivity contribution is 6.35. The number of para-hydroxylation sites is 2. The summed E-state index contributed by atoms with van der Waals surface area (Å²) >= 11 is 11.9. The Bertz CT molecular complexity index is 729. The van der Waals surface area contributed by atoms with E-state index in [4.69, 9.17) is 27.9 Å². The van der Waals surface area contributed by atoms with Gasteiger partial charge in [0, 0.05) is 28.8 Å². The molecule has 1 heterocycles. The summed E-state index contributed by atoms with van der Waals surface area (Å²) in [5.41, 5.74) is 2.50. The maximum atomic E-state index is 12.3. The van der Waals surface area contributed by atoms with Crippen molar-refractivity contribution in [3.05, 3.63) is 52.5 Å². The zero-order valence-electron chi connectivity index (χ0n) is 13.6. The van der Waals surface area contributed by atoms with Crippen LogP contribution in [0.5, 0.6) is 0 Å². The smallest absolute Gasteiger partial charge is 0.243 e. The zero-order valence-corrected chi connectivity index (χ0v) is 15.1. The Kier molecular flexibility index (Phi) is 6.02. The molecule has 0 atom stereocenters. The molecule has 2 aromatic rings. The molecule has 25 heavy (non-hydrogen) atoms. The van der Waals surface area contributed by atoms with Crippen LogP contribution in [-0.2, 0) is 9.53 Å². The van der Waals surface area contributed by atoms with Gasteiger partial charge in [-0.2, -0.15) is 0 Å². The number of rotatable bonds is 5. The monoisotopic (exact) mass is 379 g/mol. The van der Waals surface area contributed by atoms with Crippen molar-refractivity contribution in [2.45, 2.75) is 0 Å². The fourth-order valence-electron chi connectivity index (χ4n) is 2.69. The van der Waals surface area contributed by atoms with E-state index in [0.717, 1.165) is 24.5 Å². The first-order valence-electron chi connectivity index (χ1n) is 8.03. The summed E-state index contributed by atoms with van der Waals surface area (Å²) in [7, 11) is 0. The van der Waals surface area contributed by atoms with Crippen LogP contribution < -0.4 is 15.5 Å². The van der Waals surface area contributed by atoms with Crippen LogP contribution in [0.15, 0.2) is 42.5 Å². The Morgan fingerprint density at radius 3 is 2.48 bits per heavy atom. The number of nitrogens with zero attached hydrogens (tertiary/aromatic N) is 1. The van der Waals surface area contributed by atoms with Crippen LogP contribution in [0.2, 0.25) is 10.0 Å². The van der Waals surface area contributed by atoms with Gasteiger partial charge in [0.25, 0.3) is 0 Å². The van der Waals surface area contributed by atoms with E-state index in [0.29, 0.717) is 28.9 Å². The number of nitrogens with one attached hydrogen (secondary N) is 2. The molecule has 0 aliphatic carbocycles. The predicted molar refractivity (Wildman–Crippen MR) is 103 cm³/mol. The molecular weight excluding hydrogens is 361 g/mol. The van der Waals surface area contributed by atoms with Gasteiger partial charge in [0.1, 0.15) is 0 Å². The van der Waals surface area contributed by atoms with Crippen LogP contribution in [0.25, 0.3) is 0 Å². The van der Waals surface area contributed by atoms with E-state index in [1.165, 1.54) is 0 Å². The number of carbonyl (C=O) groups excluding carboxylic acids is 1. The second kappa shape index (κ2) is 8.43. The molecule has 2 aromatic carbocycles. The van der Waals surface area contributed by atoms with Crippen molar-refractivity contribution in [1.82, 2.24) is 0 Å². The van der Waals surface area contributed by atoms with Gasteiger partial charge in [-0.25, -0.2) is 0 Å². The maximum Gasteiger partial charge on any atom is 0.243 e. The Hall–Kier alpha value is -1.95. The normalized spacial score (nSPS) is 14.2. The molecular formula is C18H19Cl2N3O2. The molecule has 1 saturated heterocycles. The first-order valence-corrected chi connectivity index (χ1v) is 8.79. The number of halogens is 2. The number of amides is 1. The number of morpholine rings is 1. The third kappa shape index (κ3) is 5.01. The second-order valence-corrected chi connectivity index (χ2v) is 6.55. The van der Waals surface area contributed by atoms with Crippen LogP contribution in [-0.4, -0.2) is 38.8 Å². The predicted octanol–water partition coefficient (Wildman–Crippen LogP) is 3.88. The fourth-order valence-corrected chi connectivity index (χ4v) is 3.22. The minimum absolute atomic E-state index is 0.119. The third-order valence-corrected chi connectivity index (χ3v) is 4.28. The van der Waals surface area contributed by atoms with E-state index in [1.807, 2.05) is 24.3 Å². The van der Waals surface area contributed by atoms with Gasteiger partial charge in [0.05, 0.1) is 31.1 Å². The number of anilines is 3. The summed E-state index contributed by atoms with van der Waals surface area (Å²) < 4.78 is 5.39. The van der Waals surface area contributed by atoms with E-state index in [-0.39, 0.29) is 12.5 Å². The van der Waals surface area contributed by atoms with E-state index < -0.39 is 0 Å². The molecule has 1 amide bonds. The lowest BCUT2D eigenvalue weighted by atomic mass is 10.2. The summed E-state index contributed by atoms with van der Waals surface area (Å²) in [5.74, 6) is -0.142. The Morgan fingerprint density at radius 2 is 1.76 bits per heavy atom. The molecule has 0 spiro atoms. The minimum atomic E-state index is -0.142. The van der Waals surface area contributed by atoms with Crippen molar-refractivity contribution < 1.29 is 9.53 Å². The SMILES string of the molecule is O=C(CNc1cc(Cl)cc(Cl)c1)Nc1ccccc1N1CCOCC1. The first-order chi connectivity index (χ1) is 12.1. The molecule has 0 radical (unpaired) electrons. The number of carbonyl (C=O) groups is 1. The van der Waals surface area contributed by atoms with Gasteiger partial charge in [-0.05, 0) is 30.3 Å². The highest BCUT2D eigenvalue weighted by atomic mass is 35.5.